The zero-order valence-corrected chi connectivity index (χ0v) is 14.1. The monoisotopic (exact) mass is 374 g/mol. The molecule has 0 radical (unpaired) electrons. The maximum atomic E-state index is 12.3. The van der Waals surface area contributed by atoms with E-state index in [0.717, 1.165) is 14.9 Å². The number of halogens is 1. The van der Waals surface area contributed by atoms with Crippen molar-refractivity contribution in [2.45, 2.75) is 17.6 Å². The molecule has 0 saturated heterocycles. The first kappa shape index (κ1) is 15.5. The van der Waals surface area contributed by atoms with Crippen LogP contribution in [0.1, 0.15) is 10.4 Å². The molecule has 2 aromatic rings. The fourth-order valence-corrected chi connectivity index (χ4v) is 4.64. The summed E-state index contributed by atoms with van der Waals surface area (Å²) in [6, 6.07) is 8.86. The van der Waals surface area contributed by atoms with E-state index in [1.165, 1.54) is 11.3 Å². The van der Waals surface area contributed by atoms with Crippen LogP contribution in [0.25, 0.3) is 0 Å². The van der Waals surface area contributed by atoms with Gasteiger partial charge in [0.1, 0.15) is 4.21 Å². The third-order valence-electron chi connectivity index (χ3n) is 2.73. The van der Waals surface area contributed by atoms with Crippen LogP contribution in [-0.4, -0.2) is 15.0 Å². The van der Waals surface area contributed by atoms with Crippen molar-refractivity contribution in [2.24, 2.45) is 5.73 Å². The number of thiophene rings is 1. The second-order valence-electron chi connectivity index (χ2n) is 4.30. The third kappa shape index (κ3) is 3.41. The lowest BCUT2D eigenvalue weighted by Gasteiger charge is -2.09. The van der Waals surface area contributed by atoms with E-state index in [1.54, 1.807) is 18.2 Å². The fraction of sp³-hybridized carbons (Fsp3) is 0.231. The minimum atomic E-state index is -3.55. The Balaban J connectivity index is 2.28. The van der Waals surface area contributed by atoms with E-state index in [0.29, 0.717) is 22.9 Å². The molecule has 0 amide bonds. The highest BCUT2D eigenvalue weighted by Gasteiger charge is 2.18. The van der Waals surface area contributed by atoms with E-state index in [1.807, 2.05) is 19.1 Å². The highest BCUT2D eigenvalue weighted by atomic mass is 79.9. The van der Waals surface area contributed by atoms with E-state index < -0.39 is 10.0 Å². The Morgan fingerprint density at radius 2 is 2.05 bits per heavy atom. The number of nitrogens with two attached hydrogens (primary N) is 1. The minimum absolute atomic E-state index is 0.300. The summed E-state index contributed by atoms with van der Waals surface area (Å²) in [4.78, 5) is 0.969. The van der Waals surface area contributed by atoms with Crippen LogP contribution in [0.15, 0.2) is 39.0 Å². The van der Waals surface area contributed by atoms with Crippen molar-refractivity contribution in [3.63, 3.8) is 0 Å². The van der Waals surface area contributed by atoms with Crippen molar-refractivity contribution >= 4 is 43.0 Å². The number of hydrogen-bond acceptors (Lipinski definition) is 4. The van der Waals surface area contributed by atoms with E-state index in [4.69, 9.17) is 5.73 Å². The molecule has 0 saturated carbocycles. The maximum Gasteiger partial charge on any atom is 0.271 e. The molecule has 0 atom stereocenters. The van der Waals surface area contributed by atoms with Crippen molar-refractivity contribution in [1.82, 2.24) is 0 Å². The van der Waals surface area contributed by atoms with E-state index in [2.05, 4.69) is 20.7 Å². The third-order valence-corrected chi connectivity index (χ3v) is 6.78. The Bertz CT molecular complexity index is 711. The van der Waals surface area contributed by atoms with Gasteiger partial charge >= 0.3 is 0 Å². The molecule has 3 N–H and O–H groups in total. The summed E-state index contributed by atoms with van der Waals surface area (Å²) in [6.07, 6.45) is 0.689. The summed E-state index contributed by atoms with van der Waals surface area (Å²) in [5.41, 5.74) is 6.99. The number of aryl methyl sites for hydroxylation is 1. The normalized spacial score (nSPS) is 11.6. The van der Waals surface area contributed by atoms with Gasteiger partial charge in [0, 0.05) is 9.35 Å². The summed E-state index contributed by atoms with van der Waals surface area (Å²) in [5, 5.41) is 0. The first-order valence-electron chi connectivity index (χ1n) is 6.01. The number of hydrogen-bond donors (Lipinski definition) is 2. The molecular weight excluding hydrogens is 360 g/mol. The number of rotatable bonds is 5. The Morgan fingerprint density at radius 3 is 2.75 bits per heavy atom. The van der Waals surface area contributed by atoms with Crippen molar-refractivity contribution < 1.29 is 8.42 Å². The van der Waals surface area contributed by atoms with Gasteiger partial charge in [-0.05, 0) is 59.6 Å². The molecule has 4 nitrogen and oxygen atoms in total. The highest BCUT2D eigenvalue weighted by molar-refractivity contribution is 9.10. The molecule has 2 rings (SSSR count). The summed E-state index contributed by atoms with van der Waals surface area (Å²) >= 11 is 4.64. The van der Waals surface area contributed by atoms with Gasteiger partial charge in [0.25, 0.3) is 10.0 Å². The molecular formula is C13H15BrN2O2S2. The average molecular weight is 375 g/mol. The second kappa shape index (κ2) is 6.26. The summed E-state index contributed by atoms with van der Waals surface area (Å²) in [5.74, 6) is 0. The van der Waals surface area contributed by atoms with Crippen LogP contribution >= 0.6 is 27.3 Å². The average Bonchev–Trinajstić information content (AvgIpc) is 2.85. The van der Waals surface area contributed by atoms with Gasteiger partial charge in [-0.2, -0.15) is 0 Å². The molecule has 1 aromatic heterocycles. The van der Waals surface area contributed by atoms with Crippen molar-refractivity contribution in [3.8, 4) is 0 Å². The Labute approximate surface area is 131 Å². The smallest absolute Gasteiger partial charge is 0.271 e. The molecule has 0 unspecified atom stereocenters. The first-order chi connectivity index (χ1) is 9.44. The van der Waals surface area contributed by atoms with Gasteiger partial charge in [0.15, 0.2) is 0 Å². The molecule has 108 valence electrons. The number of benzene rings is 1. The van der Waals surface area contributed by atoms with Gasteiger partial charge in [0.05, 0.1) is 5.69 Å². The van der Waals surface area contributed by atoms with E-state index in [9.17, 15) is 8.42 Å². The lowest BCUT2D eigenvalue weighted by Crippen LogP contribution is -2.12. The Hall–Kier alpha value is -0.890. The highest BCUT2D eigenvalue weighted by Crippen LogP contribution is 2.29. The Morgan fingerprint density at radius 1 is 1.30 bits per heavy atom. The molecule has 0 aliphatic carbocycles. The van der Waals surface area contributed by atoms with Crippen molar-refractivity contribution in [1.29, 1.82) is 0 Å². The predicted molar refractivity (Wildman–Crippen MR) is 86.8 cm³/mol. The zero-order valence-electron chi connectivity index (χ0n) is 10.9. The molecule has 0 aliphatic heterocycles. The van der Waals surface area contributed by atoms with Crippen LogP contribution in [-0.2, 0) is 16.4 Å². The lowest BCUT2D eigenvalue weighted by atomic mass is 10.2. The molecule has 0 bridgehead atoms. The molecule has 1 heterocycles. The van der Waals surface area contributed by atoms with Gasteiger partial charge in [0.2, 0.25) is 0 Å². The molecule has 1 aromatic carbocycles. The number of nitrogens with one attached hydrogen (secondary N) is 1. The van der Waals surface area contributed by atoms with Gasteiger partial charge < -0.3 is 5.73 Å². The second-order valence-corrected chi connectivity index (χ2v) is 8.17. The summed E-state index contributed by atoms with van der Waals surface area (Å²) in [6.45, 7) is 2.42. The van der Waals surface area contributed by atoms with Crippen molar-refractivity contribution in [2.75, 3.05) is 11.3 Å². The van der Waals surface area contributed by atoms with Crippen LogP contribution < -0.4 is 10.5 Å². The maximum absolute atomic E-state index is 12.3. The van der Waals surface area contributed by atoms with Crippen molar-refractivity contribution in [3.05, 3.63) is 45.2 Å². The number of sulfonamides is 1. The molecule has 0 aliphatic rings. The van der Waals surface area contributed by atoms with Crippen LogP contribution in [0.2, 0.25) is 0 Å². The molecule has 0 spiro atoms. The van der Waals surface area contributed by atoms with E-state index >= 15 is 0 Å². The Kier molecular flexibility index (Phi) is 4.85. The molecule has 7 heteroatoms. The summed E-state index contributed by atoms with van der Waals surface area (Å²) < 4.78 is 28.3. The topological polar surface area (TPSA) is 72.2 Å². The quantitative estimate of drug-likeness (QED) is 0.844. The lowest BCUT2D eigenvalue weighted by molar-refractivity contribution is 0.603. The standard InChI is InChI=1S/C13H15BrN2O2S2/c1-9-3-2-4-11(13(9)14)16-20(17,18)12-6-5-10(19-12)7-8-15/h2-6,16H,7-8,15H2,1H3. The SMILES string of the molecule is Cc1cccc(NS(=O)(=O)c2ccc(CCN)s2)c1Br. The zero-order chi connectivity index (χ0) is 14.8. The van der Waals surface area contributed by atoms with Crippen LogP contribution in [0.3, 0.4) is 0 Å². The van der Waals surface area contributed by atoms with Crippen LogP contribution in [0.4, 0.5) is 5.69 Å². The largest absolute Gasteiger partial charge is 0.330 e. The summed E-state index contributed by atoms with van der Waals surface area (Å²) in [7, 11) is -3.55. The van der Waals surface area contributed by atoms with Gasteiger partial charge in [-0.1, -0.05) is 12.1 Å². The van der Waals surface area contributed by atoms with Gasteiger partial charge in [-0.3, -0.25) is 4.72 Å². The van der Waals surface area contributed by atoms with Crippen LogP contribution in [0, 0.1) is 6.92 Å². The fourth-order valence-electron chi connectivity index (χ4n) is 1.70. The van der Waals surface area contributed by atoms with Crippen LogP contribution in [0.5, 0.6) is 0 Å². The first-order valence-corrected chi connectivity index (χ1v) is 9.10. The number of anilines is 1. The minimum Gasteiger partial charge on any atom is -0.330 e. The molecule has 20 heavy (non-hydrogen) atoms. The predicted octanol–water partition coefficient (Wildman–Crippen LogP) is 3.12. The van der Waals surface area contributed by atoms with E-state index in [-0.39, 0.29) is 0 Å². The van der Waals surface area contributed by atoms with Gasteiger partial charge in [-0.15, -0.1) is 11.3 Å². The molecule has 0 fully saturated rings. The van der Waals surface area contributed by atoms with Gasteiger partial charge in [-0.25, -0.2) is 8.42 Å².